The number of hydrogen-bond acceptors (Lipinski definition) is 5. The molecule has 0 spiro atoms. The molecule has 0 saturated carbocycles. The molecule has 25 heavy (non-hydrogen) atoms. The van der Waals surface area contributed by atoms with Crippen molar-refractivity contribution in [3.63, 3.8) is 0 Å². The standard InChI is InChI=1S/C17H26N4O4/c1-6-20(9-16(22)18-11(2)3)10-17(23)19-14-7-12(4)13(5)8-15(14)21(24)25/h7-8,11H,6,9-10H2,1-5H3,(H,18,22)(H,19,23). The van der Waals surface area contributed by atoms with E-state index in [1.807, 2.05) is 27.7 Å². The van der Waals surface area contributed by atoms with Crippen molar-refractivity contribution in [2.45, 2.75) is 40.7 Å². The molecule has 0 atom stereocenters. The van der Waals surface area contributed by atoms with E-state index in [1.165, 1.54) is 6.07 Å². The highest BCUT2D eigenvalue weighted by Gasteiger charge is 2.19. The van der Waals surface area contributed by atoms with Crippen LogP contribution in [0.5, 0.6) is 0 Å². The van der Waals surface area contributed by atoms with Crippen molar-refractivity contribution in [2.24, 2.45) is 0 Å². The van der Waals surface area contributed by atoms with E-state index in [2.05, 4.69) is 10.6 Å². The van der Waals surface area contributed by atoms with Crippen LogP contribution in [0.3, 0.4) is 0 Å². The molecule has 1 rings (SSSR count). The molecule has 8 nitrogen and oxygen atoms in total. The van der Waals surface area contributed by atoms with Gasteiger partial charge in [0.1, 0.15) is 5.69 Å². The van der Waals surface area contributed by atoms with Gasteiger partial charge in [-0.3, -0.25) is 24.6 Å². The molecule has 0 heterocycles. The summed E-state index contributed by atoms with van der Waals surface area (Å²) in [7, 11) is 0. The number of aryl methyl sites for hydroxylation is 2. The van der Waals surface area contributed by atoms with Crippen LogP contribution < -0.4 is 10.6 Å². The van der Waals surface area contributed by atoms with Gasteiger partial charge < -0.3 is 10.6 Å². The third kappa shape index (κ3) is 6.50. The number of anilines is 1. The second kappa shape index (κ2) is 9.12. The summed E-state index contributed by atoms with van der Waals surface area (Å²) < 4.78 is 0. The Hall–Kier alpha value is -2.48. The summed E-state index contributed by atoms with van der Waals surface area (Å²) >= 11 is 0. The molecule has 0 aliphatic rings. The third-order valence-corrected chi connectivity index (χ3v) is 3.71. The number of hydrogen-bond donors (Lipinski definition) is 2. The Kier molecular flexibility index (Phi) is 7.50. The zero-order valence-electron chi connectivity index (χ0n) is 15.4. The number of nitro groups is 1. The van der Waals surface area contributed by atoms with Crippen molar-refractivity contribution in [2.75, 3.05) is 25.0 Å². The Morgan fingerprint density at radius 2 is 1.72 bits per heavy atom. The molecular formula is C17H26N4O4. The quantitative estimate of drug-likeness (QED) is 0.551. The van der Waals surface area contributed by atoms with Crippen LogP contribution in [0.1, 0.15) is 31.9 Å². The van der Waals surface area contributed by atoms with Gasteiger partial charge in [-0.1, -0.05) is 6.92 Å². The summed E-state index contributed by atoms with van der Waals surface area (Å²) in [4.78, 5) is 36.4. The Morgan fingerprint density at radius 1 is 1.16 bits per heavy atom. The molecule has 0 aromatic heterocycles. The van der Waals surface area contributed by atoms with Crippen LogP contribution >= 0.6 is 0 Å². The summed E-state index contributed by atoms with van der Waals surface area (Å²) in [6.07, 6.45) is 0. The Balaban J connectivity index is 2.80. The van der Waals surface area contributed by atoms with E-state index < -0.39 is 10.8 Å². The molecule has 0 fully saturated rings. The smallest absolute Gasteiger partial charge is 0.293 e. The lowest BCUT2D eigenvalue weighted by atomic mass is 10.1. The van der Waals surface area contributed by atoms with E-state index in [0.717, 1.165) is 11.1 Å². The molecule has 2 N–H and O–H groups in total. The van der Waals surface area contributed by atoms with Crippen molar-refractivity contribution in [3.05, 3.63) is 33.4 Å². The van der Waals surface area contributed by atoms with Crippen molar-refractivity contribution < 1.29 is 14.5 Å². The molecule has 8 heteroatoms. The first-order valence-corrected chi connectivity index (χ1v) is 8.21. The summed E-state index contributed by atoms with van der Waals surface area (Å²) in [6, 6.07) is 3.06. The number of carbonyl (C=O) groups excluding carboxylic acids is 2. The Bertz CT molecular complexity index is 658. The Labute approximate surface area is 147 Å². The van der Waals surface area contributed by atoms with E-state index in [9.17, 15) is 19.7 Å². The number of carbonyl (C=O) groups is 2. The first-order valence-electron chi connectivity index (χ1n) is 8.21. The molecule has 0 bridgehead atoms. The van der Waals surface area contributed by atoms with Crippen molar-refractivity contribution in [3.8, 4) is 0 Å². The molecule has 0 unspecified atom stereocenters. The van der Waals surface area contributed by atoms with E-state index in [0.29, 0.717) is 6.54 Å². The topological polar surface area (TPSA) is 105 Å². The van der Waals surface area contributed by atoms with Crippen LogP contribution in [0.4, 0.5) is 11.4 Å². The summed E-state index contributed by atoms with van der Waals surface area (Å²) in [5, 5.41) is 16.5. The number of nitrogens with zero attached hydrogens (tertiary/aromatic N) is 2. The van der Waals surface area contributed by atoms with E-state index in [4.69, 9.17) is 0 Å². The van der Waals surface area contributed by atoms with Gasteiger partial charge in [-0.2, -0.15) is 0 Å². The number of amides is 2. The number of benzene rings is 1. The molecule has 0 aliphatic carbocycles. The number of nitrogens with one attached hydrogen (secondary N) is 2. The van der Waals surface area contributed by atoms with Gasteiger partial charge in [0.2, 0.25) is 11.8 Å². The second-order valence-electron chi connectivity index (χ2n) is 6.28. The normalized spacial score (nSPS) is 10.8. The fraction of sp³-hybridized carbons (Fsp3) is 0.529. The van der Waals surface area contributed by atoms with Crippen LogP contribution in [-0.4, -0.2) is 47.3 Å². The second-order valence-corrected chi connectivity index (χ2v) is 6.28. The van der Waals surface area contributed by atoms with Crippen LogP contribution in [0.15, 0.2) is 12.1 Å². The number of nitro benzene ring substituents is 1. The fourth-order valence-electron chi connectivity index (χ4n) is 2.30. The average molecular weight is 350 g/mol. The maximum absolute atomic E-state index is 12.2. The van der Waals surface area contributed by atoms with Crippen LogP contribution in [-0.2, 0) is 9.59 Å². The largest absolute Gasteiger partial charge is 0.353 e. The highest BCUT2D eigenvalue weighted by atomic mass is 16.6. The average Bonchev–Trinajstić information content (AvgIpc) is 2.48. The van der Waals surface area contributed by atoms with E-state index >= 15 is 0 Å². The highest BCUT2D eigenvalue weighted by Crippen LogP contribution is 2.27. The lowest BCUT2D eigenvalue weighted by Gasteiger charge is -2.20. The van der Waals surface area contributed by atoms with Crippen LogP contribution in [0, 0.1) is 24.0 Å². The minimum atomic E-state index is -0.518. The zero-order chi connectivity index (χ0) is 19.1. The summed E-state index contributed by atoms with van der Waals surface area (Å²) in [5.74, 6) is -0.563. The van der Waals surface area contributed by atoms with E-state index in [1.54, 1.807) is 17.9 Å². The number of likely N-dealkylation sites (N-methyl/N-ethyl adjacent to an activating group) is 1. The molecule has 138 valence electrons. The first kappa shape index (κ1) is 20.6. The lowest BCUT2D eigenvalue weighted by molar-refractivity contribution is -0.384. The van der Waals surface area contributed by atoms with Gasteiger partial charge in [0, 0.05) is 12.1 Å². The molecular weight excluding hydrogens is 324 g/mol. The SMILES string of the molecule is CCN(CC(=O)Nc1cc(C)c(C)cc1[N+](=O)[O-])CC(=O)NC(C)C. The van der Waals surface area contributed by atoms with Gasteiger partial charge in [0.05, 0.1) is 18.0 Å². The van der Waals surface area contributed by atoms with Gasteiger partial charge in [-0.25, -0.2) is 0 Å². The van der Waals surface area contributed by atoms with Gasteiger partial charge in [0.25, 0.3) is 5.69 Å². The van der Waals surface area contributed by atoms with Gasteiger partial charge in [-0.05, 0) is 51.4 Å². The highest BCUT2D eigenvalue weighted by molar-refractivity contribution is 5.95. The fourth-order valence-corrected chi connectivity index (χ4v) is 2.30. The minimum absolute atomic E-state index is 0.0217. The van der Waals surface area contributed by atoms with Gasteiger partial charge >= 0.3 is 0 Å². The zero-order valence-corrected chi connectivity index (χ0v) is 15.4. The number of rotatable bonds is 8. The van der Waals surface area contributed by atoms with Crippen LogP contribution in [0.2, 0.25) is 0 Å². The molecule has 1 aromatic carbocycles. The molecule has 0 radical (unpaired) electrons. The third-order valence-electron chi connectivity index (χ3n) is 3.71. The van der Waals surface area contributed by atoms with Crippen molar-refractivity contribution in [1.29, 1.82) is 0 Å². The molecule has 0 aliphatic heterocycles. The summed E-state index contributed by atoms with van der Waals surface area (Å²) in [6.45, 7) is 9.74. The lowest BCUT2D eigenvalue weighted by Crippen LogP contribution is -2.42. The van der Waals surface area contributed by atoms with E-state index in [-0.39, 0.29) is 36.4 Å². The maximum Gasteiger partial charge on any atom is 0.293 e. The van der Waals surface area contributed by atoms with Crippen molar-refractivity contribution in [1.82, 2.24) is 10.2 Å². The maximum atomic E-state index is 12.2. The summed E-state index contributed by atoms with van der Waals surface area (Å²) in [5.41, 5.74) is 1.66. The monoisotopic (exact) mass is 350 g/mol. The predicted molar refractivity (Wildman–Crippen MR) is 96.6 cm³/mol. The van der Waals surface area contributed by atoms with Gasteiger partial charge in [-0.15, -0.1) is 0 Å². The molecule has 2 amide bonds. The Morgan fingerprint density at radius 3 is 2.24 bits per heavy atom. The van der Waals surface area contributed by atoms with Gasteiger partial charge in [0.15, 0.2) is 0 Å². The predicted octanol–water partition coefficient (Wildman–Crippen LogP) is 2.00. The minimum Gasteiger partial charge on any atom is -0.353 e. The van der Waals surface area contributed by atoms with Crippen molar-refractivity contribution >= 4 is 23.2 Å². The molecule has 0 saturated heterocycles. The molecule has 1 aromatic rings. The first-order chi connectivity index (χ1) is 11.6. The van der Waals surface area contributed by atoms with Crippen LogP contribution in [0.25, 0.3) is 0 Å².